The molecule has 0 aliphatic heterocycles. The van der Waals surface area contributed by atoms with Crippen LogP contribution in [0.25, 0.3) is 11.1 Å². The van der Waals surface area contributed by atoms with Crippen molar-refractivity contribution in [1.82, 2.24) is 0 Å². The number of aromatic hydroxyl groups is 1. The number of benzene rings is 2. The molecule has 5 heteroatoms. The van der Waals surface area contributed by atoms with Gasteiger partial charge in [0.05, 0.1) is 11.3 Å². The summed E-state index contributed by atoms with van der Waals surface area (Å²) in [5, 5.41) is 9.45. The first-order valence-electron chi connectivity index (χ1n) is 5.14. The van der Waals surface area contributed by atoms with E-state index >= 15 is 0 Å². The predicted molar refractivity (Wildman–Crippen MR) is 63.0 cm³/mol. The van der Waals surface area contributed by atoms with Crippen molar-refractivity contribution in [3.05, 3.63) is 48.0 Å². The molecule has 0 bridgehead atoms. The Hall–Kier alpha value is -2.17. The number of hydrogen-bond donors (Lipinski definition) is 2. The smallest absolute Gasteiger partial charge is 0.417 e. The fourth-order valence-electron chi connectivity index (χ4n) is 1.69. The van der Waals surface area contributed by atoms with Crippen LogP contribution in [0.4, 0.5) is 18.9 Å². The van der Waals surface area contributed by atoms with Crippen LogP contribution < -0.4 is 5.73 Å². The lowest BCUT2D eigenvalue weighted by atomic mass is 9.99. The molecule has 0 atom stereocenters. The summed E-state index contributed by atoms with van der Waals surface area (Å²) in [7, 11) is 0. The zero-order valence-electron chi connectivity index (χ0n) is 9.20. The second-order valence-corrected chi connectivity index (χ2v) is 3.82. The van der Waals surface area contributed by atoms with Crippen LogP contribution in [0.3, 0.4) is 0 Å². The minimum Gasteiger partial charge on any atom is -0.506 e. The maximum atomic E-state index is 12.8. The molecule has 3 N–H and O–H groups in total. The summed E-state index contributed by atoms with van der Waals surface area (Å²) in [5.41, 5.74) is 5.09. The fourth-order valence-corrected chi connectivity index (χ4v) is 1.69. The van der Waals surface area contributed by atoms with Crippen molar-refractivity contribution in [1.29, 1.82) is 0 Å². The van der Waals surface area contributed by atoms with Crippen molar-refractivity contribution in [2.45, 2.75) is 6.18 Å². The van der Waals surface area contributed by atoms with Gasteiger partial charge in [-0.1, -0.05) is 24.3 Å². The lowest BCUT2D eigenvalue weighted by Gasteiger charge is -2.13. The van der Waals surface area contributed by atoms with Gasteiger partial charge in [0.25, 0.3) is 0 Å². The molecule has 94 valence electrons. The van der Waals surface area contributed by atoms with Gasteiger partial charge in [-0.15, -0.1) is 0 Å². The van der Waals surface area contributed by atoms with Crippen LogP contribution in [-0.4, -0.2) is 5.11 Å². The van der Waals surface area contributed by atoms with Crippen LogP contribution in [-0.2, 0) is 6.18 Å². The summed E-state index contributed by atoms with van der Waals surface area (Å²) in [6, 6.07) is 9.23. The standard InChI is InChI=1S/C13H10F3NO/c14-13(15,16)10-4-2-1-3-9(10)8-5-6-11(17)12(18)7-8/h1-7,18H,17H2. The summed E-state index contributed by atoms with van der Waals surface area (Å²) in [4.78, 5) is 0. The van der Waals surface area contributed by atoms with E-state index in [-0.39, 0.29) is 22.6 Å². The number of rotatable bonds is 1. The molecule has 2 aromatic carbocycles. The number of hydrogen-bond acceptors (Lipinski definition) is 2. The Kier molecular flexibility index (Phi) is 2.90. The number of halogens is 3. The van der Waals surface area contributed by atoms with Crippen LogP contribution in [0.5, 0.6) is 5.75 Å². The van der Waals surface area contributed by atoms with Gasteiger partial charge in [0.1, 0.15) is 5.75 Å². The number of anilines is 1. The van der Waals surface area contributed by atoms with E-state index < -0.39 is 11.7 Å². The van der Waals surface area contributed by atoms with Gasteiger partial charge in [-0.2, -0.15) is 13.2 Å². The van der Waals surface area contributed by atoms with Crippen molar-refractivity contribution in [2.75, 3.05) is 5.73 Å². The van der Waals surface area contributed by atoms with E-state index in [4.69, 9.17) is 5.73 Å². The number of alkyl halides is 3. The van der Waals surface area contributed by atoms with Gasteiger partial charge in [0.15, 0.2) is 0 Å². The first-order valence-corrected chi connectivity index (χ1v) is 5.14. The highest BCUT2D eigenvalue weighted by molar-refractivity contribution is 5.72. The van der Waals surface area contributed by atoms with Crippen molar-refractivity contribution >= 4 is 5.69 Å². The third-order valence-electron chi connectivity index (χ3n) is 2.57. The van der Waals surface area contributed by atoms with Gasteiger partial charge >= 0.3 is 6.18 Å². The lowest BCUT2D eigenvalue weighted by Crippen LogP contribution is -2.06. The maximum Gasteiger partial charge on any atom is 0.417 e. The highest BCUT2D eigenvalue weighted by Gasteiger charge is 2.33. The first-order chi connectivity index (χ1) is 8.39. The molecule has 0 heterocycles. The van der Waals surface area contributed by atoms with Crippen LogP contribution in [0.2, 0.25) is 0 Å². The summed E-state index contributed by atoms with van der Waals surface area (Å²) >= 11 is 0. The number of nitrogen functional groups attached to an aromatic ring is 1. The van der Waals surface area contributed by atoms with Crippen LogP contribution in [0.1, 0.15) is 5.56 Å². The number of phenolic OH excluding ortho intramolecular Hbond substituents is 1. The first kappa shape index (κ1) is 12.3. The molecule has 0 aliphatic carbocycles. The van der Waals surface area contributed by atoms with Crippen molar-refractivity contribution in [3.8, 4) is 16.9 Å². The molecule has 2 rings (SSSR count). The van der Waals surface area contributed by atoms with Gasteiger partial charge in [0.2, 0.25) is 0 Å². The molecule has 0 aliphatic rings. The quantitative estimate of drug-likeness (QED) is 0.601. The highest BCUT2D eigenvalue weighted by Crippen LogP contribution is 2.38. The van der Waals surface area contributed by atoms with Crippen molar-refractivity contribution < 1.29 is 18.3 Å². The largest absolute Gasteiger partial charge is 0.506 e. The van der Waals surface area contributed by atoms with E-state index in [1.54, 1.807) is 0 Å². The molecular weight excluding hydrogens is 243 g/mol. The summed E-state index contributed by atoms with van der Waals surface area (Å²) in [6.45, 7) is 0. The topological polar surface area (TPSA) is 46.2 Å². The average molecular weight is 253 g/mol. The molecule has 0 unspecified atom stereocenters. The van der Waals surface area contributed by atoms with E-state index in [9.17, 15) is 18.3 Å². The van der Waals surface area contributed by atoms with E-state index in [1.165, 1.54) is 36.4 Å². The normalized spacial score (nSPS) is 11.5. The average Bonchev–Trinajstić information content (AvgIpc) is 2.32. The zero-order valence-corrected chi connectivity index (χ0v) is 9.20. The lowest BCUT2D eigenvalue weighted by molar-refractivity contribution is -0.137. The Labute approximate surface area is 101 Å². The molecule has 0 spiro atoms. The maximum absolute atomic E-state index is 12.8. The Morgan fingerprint density at radius 1 is 1.00 bits per heavy atom. The van der Waals surface area contributed by atoms with Crippen LogP contribution >= 0.6 is 0 Å². The van der Waals surface area contributed by atoms with Gasteiger partial charge in [-0.3, -0.25) is 0 Å². The summed E-state index contributed by atoms with van der Waals surface area (Å²) in [6.07, 6.45) is -4.44. The highest BCUT2D eigenvalue weighted by atomic mass is 19.4. The van der Waals surface area contributed by atoms with E-state index in [1.807, 2.05) is 0 Å². The second kappa shape index (κ2) is 4.25. The van der Waals surface area contributed by atoms with E-state index in [0.717, 1.165) is 6.07 Å². The molecule has 2 nitrogen and oxygen atoms in total. The fraction of sp³-hybridized carbons (Fsp3) is 0.0769. The molecule has 2 aromatic rings. The van der Waals surface area contributed by atoms with E-state index in [2.05, 4.69) is 0 Å². The van der Waals surface area contributed by atoms with Crippen molar-refractivity contribution in [3.63, 3.8) is 0 Å². The minimum atomic E-state index is -4.44. The van der Waals surface area contributed by atoms with Crippen molar-refractivity contribution in [2.24, 2.45) is 0 Å². The number of nitrogens with two attached hydrogens (primary N) is 1. The molecule has 18 heavy (non-hydrogen) atoms. The molecule has 0 aromatic heterocycles. The molecule has 0 radical (unpaired) electrons. The minimum absolute atomic E-state index is 0.0142. The molecular formula is C13H10F3NO. The summed E-state index contributed by atoms with van der Waals surface area (Å²) < 4.78 is 38.5. The van der Waals surface area contributed by atoms with Gasteiger partial charge in [0, 0.05) is 0 Å². The third-order valence-corrected chi connectivity index (χ3v) is 2.57. The molecule has 0 saturated heterocycles. The van der Waals surface area contributed by atoms with Gasteiger partial charge in [-0.05, 0) is 29.3 Å². The third kappa shape index (κ3) is 2.25. The Morgan fingerprint density at radius 3 is 2.28 bits per heavy atom. The molecule has 0 saturated carbocycles. The molecule has 0 fully saturated rings. The Bertz CT molecular complexity index is 579. The zero-order chi connectivity index (χ0) is 13.3. The van der Waals surface area contributed by atoms with Crippen LogP contribution in [0.15, 0.2) is 42.5 Å². The number of phenols is 1. The second-order valence-electron chi connectivity index (χ2n) is 3.82. The molecule has 0 amide bonds. The van der Waals surface area contributed by atoms with Gasteiger partial charge in [-0.25, -0.2) is 0 Å². The Morgan fingerprint density at radius 2 is 1.67 bits per heavy atom. The van der Waals surface area contributed by atoms with Gasteiger partial charge < -0.3 is 10.8 Å². The predicted octanol–water partition coefficient (Wildman–Crippen LogP) is 3.66. The van der Waals surface area contributed by atoms with Crippen LogP contribution in [0, 0.1) is 0 Å². The monoisotopic (exact) mass is 253 g/mol. The SMILES string of the molecule is Nc1ccc(-c2ccccc2C(F)(F)F)cc1O. The van der Waals surface area contributed by atoms with E-state index in [0.29, 0.717) is 0 Å². The summed E-state index contributed by atoms with van der Waals surface area (Å²) in [5.74, 6) is -0.232. The Balaban J connectivity index is 2.61.